The van der Waals surface area contributed by atoms with E-state index in [1.165, 1.54) is 63.4 Å². The number of anilines is 3. The molecule has 3 fully saturated rings. The van der Waals surface area contributed by atoms with E-state index in [9.17, 15) is 0 Å². The maximum atomic E-state index is 5.77. The lowest BCUT2D eigenvalue weighted by Gasteiger charge is -2.38. The summed E-state index contributed by atoms with van der Waals surface area (Å²) in [4.78, 5) is 14.6. The standard InChI is InChI=1S/C28H40N6S/c1-22-11-10-18-34(20-22)25-19-24(33-16-8-9-17-33)30-26(31-25)32-27(35)29-21-28(14-6-3-7-15-28)23-12-4-2-5-13-23/h2,4-5,12-13,19,22H,3,6-11,14-18,20-21H2,1H3,(H2,29,30,31,32,35)/t22-/m0/s1. The van der Waals surface area contributed by atoms with Gasteiger partial charge in [0.2, 0.25) is 5.95 Å². The highest BCUT2D eigenvalue weighted by Gasteiger charge is 2.34. The van der Waals surface area contributed by atoms with Crippen molar-refractivity contribution in [2.75, 3.05) is 47.8 Å². The van der Waals surface area contributed by atoms with Crippen LogP contribution in [0.5, 0.6) is 0 Å². The number of nitrogens with zero attached hydrogens (tertiary/aromatic N) is 4. The Kier molecular flexibility index (Phi) is 7.71. The topological polar surface area (TPSA) is 56.3 Å². The largest absolute Gasteiger partial charge is 0.361 e. The minimum Gasteiger partial charge on any atom is -0.361 e. The minimum absolute atomic E-state index is 0.138. The smallest absolute Gasteiger partial charge is 0.232 e. The second-order valence-corrected chi connectivity index (χ2v) is 11.2. The first-order chi connectivity index (χ1) is 17.1. The molecule has 1 atom stereocenters. The van der Waals surface area contributed by atoms with Gasteiger partial charge in [0, 0.05) is 44.2 Å². The Balaban J connectivity index is 1.31. The van der Waals surface area contributed by atoms with Crippen molar-refractivity contribution in [2.45, 2.75) is 70.1 Å². The molecule has 0 bridgehead atoms. The quantitative estimate of drug-likeness (QED) is 0.516. The fourth-order valence-corrected chi connectivity index (χ4v) is 6.29. The molecule has 3 aliphatic rings. The molecular formula is C28H40N6S. The molecule has 1 aromatic carbocycles. The average molecular weight is 493 g/mol. The third-order valence-electron chi connectivity index (χ3n) is 8.12. The average Bonchev–Trinajstić information content (AvgIpc) is 3.44. The molecule has 0 radical (unpaired) electrons. The summed E-state index contributed by atoms with van der Waals surface area (Å²) in [6.07, 6.45) is 11.2. The van der Waals surface area contributed by atoms with E-state index < -0.39 is 0 Å². The van der Waals surface area contributed by atoms with Gasteiger partial charge in [-0.15, -0.1) is 0 Å². The Morgan fingerprint density at radius 2 is 1.63 bits per heavy atom. The van der Waals surface area contributed by atoms with Crippen LogP contribution in [0.15, 0.2) is 36.4 Å². The molecule has 5 rings (SSSR count). The molecule has 1 saturated carbocycles. The van der Waals surface area contributed by atoms with E-state index in [4.69, 9.17) is 22.2 Å². The van der Waals surface area contributed by atoms with Crippen molar-refractivity contribution in [3.05, 3.63) is 42.0 Å². The Morgan fingerprint density at radius 3 is 2.34 bits per heavy atom. The van der Waals surface area contributed by atoms with Crippen LogP contribution in [0.1, 0.15) is 70.3 Å². The summed E-state index contributed by atoms with van der Waals surface area (Å²) in [5.41, 5.74) is 1.56. The summed E-state index contributed by atoms with van der Waals surface area (Å²) in [6, 6.07) is 13.1. The van der Waals surface area contributed by atoms with Crippen molar-refractivity contribution in [1.82, 2.24) is 15.3 Å². The fraction of sp³-hybridized carbons (Fsp3) is 0.607. The van der Waals surface area contributed by atoms with Crippen LogP contribution in [0, 0.1) is 5.92 Å². The summed E-state index contributed by atoms with van der Waals surface area (Å²) in [7, 11) is 0. The molecule has 2 aliphatic heterocycles. The van der Waals surface area contributed by atoms with E-state index in [0.717, 1.165) is 44.4 Å². The van der Waals surface area contributed by atoms with Crippen LogP contribution < -0.4 is 20.4 Å². The second kappa shape index (κ2) is 11.1. The first kappa shape index (κ1) is 24.3. The normalized spacial score (nSPS) is 22.1. The van der Waals surface area contributed by atoms with Gasteiger partial charge >= 0.3 is 0 Å². The maximum absolute atomic E-state index is 5.77. The van der Waals surface area contributed by atoms with Crippen LogP contribution in [-0.4, -0.2) is 47.8 Å². The maximum Gasteiger partial charge on any atom is 0.232 e. The zero-order valence-corrected chi connectivity index (χ0v) is 22.0. The molecule has 1 aliphatic carbocycles. The SMILES string of the molecule is C[C@H]1CCCN(c2cc(N3CCCC3)nc(NC(=S)NCC3(c4ccccc4)CCCCC3)n2)C1. The number of piperidine rings is 1. The summed E-state index contributed by atoms with van der Waals surface area (Å²) < 4.78 is 0. The van der Waals surface area contributed by atoms with Crippen molar-refractivity contribution in [3.63, 3.8) is 0 Å². The number of aromatic nitrogens is 2. The third-order valence-corrected chi connectivity index (χ3v) is 8.37. The highest BCUT2D eigenvalue weighted by molar-refractivity contribution is 7.80. The third kappa shape index (κ3) is 5.88. The van der Waals surface area contributed by atoms with Crippen molar-refractivity contribution >= 4 is 34.9 Å². The van der Waals surface area contributed by atoms with Gasteiger partial charge < -0.3 is 20.4 Å². The zero-order valence-electron chi connectivity index (χ0n) is 21.1. The molecular weight excluding hydrogens is 452 g/mol. The number of hydrogen-bond donors (Lipinski definition) is 2. The van der Waals surface area contributed by atoms with Gasteiger partial charge in [-0.1, -0.05) is 56.5 Å². The molecule has 1 aromatic heterocycles. The summed E-state index contributed by atoms with van der Waals surface area (Å²) in [6.45, 7) is 7.41. The van der Waals surface area contributed by atoms with Gasteiger partial charge in [-0.2, -0.15) is 9.97 Å². The lowest BCUT2D eigenvalue weighted by molar-refractivity contribution is 0.292. The van der Waals surface area contributed by atoms with Gasteiger partial charge in [-0.3, -0.25) is 0 Å². The van der Waals surface area contributed by atoms with Crippen molar-refractivity contribution in [3.8, 4) is 0 Å². The number of nitrogens with one attached hydrogen (secondary N) is 2. The Labute approximate surface area is 215 Å². The fourth-order valence-electron chi connectivity index (χ4n) is 6.13. The van der Waals surface area contributed by atoms with Crippen LogP contribution in [0.3, 0.4) is 0 Å². The minimum atomic E-state index is 0.138. The van der Waals surface area contributed by atoms with Gasteiger partial charge in [-0.05, 0) is 62.2 Å². The highest BCUT2D eigenvalue weighted by atomic mass is 32.1. The van der Waals surface area contributed by atoms with Gasteiger partial charge in [0.25, 0.3) is 0 Å². The zero-order chi connectivity index (χ0) is 24.1. The van der Waals surface area contributed by atoms with Crippen LogP contribution in [0.4, 0.5) is 17.6 Å². The summed E-state index contributed by atoms with van der Waals surface area (Å²) >= 11 is 5.77. The van der Waals surface area contributed by atoms with Crippen molar-refractivity contribution in [1.29, 1.82) is 0 Å². The predicted molar refractivity (Wildman–Crippen MR) is 150 cm³/mol. The number of benzene rings is 1. The molecule has 2 aromatic rings. The van der Waals surface area contributed by atoms with E-state index in [-0.39, 0.29) is 5.41 Å². The number of thiocarbonyl (C=S) groups is 1. The molecule has 0 amide bonds. The van der Waals surface area contributed by atoms with E-state index in [1.807, 2.05) is 0 Å². The van der Waals surface area contributed by atoms with Crippen LogP contribution in [0.25, 0.3) is 0 Å². The molecule has 188 valence electrons. The van der Waals surface area contributed by atoms with E-state index in [2.05, 4.69) is 63.8 Å². The Bertz CT molecular complexity index is 984. The molecule has 0 unspecified atom stereocenters. The van der Waals surface area contributed by atoms with E-state index in [1.54, 1.807) is 0 Å². The van der Waals surface area contributed by atoms with Crippen LogP contribution in [0.2, 0.25) is 0 Å². The van der Waals surface area contributed by atoms with Gasteiger partial charge in [-0.25, -0.2) is 0 Å². The molecule has 2 saturated heterocycles. The van der Waals surface area contributed by atoms with Crippen LogP contribution >= 0.6 is 12.2 Å². The van der Waals surface area contributed by atoms with Gasteiger partial charge in [0.05, 0.1) is 0 Å². The Morgan fingerprint density at radius 1 is 0.943 bits per heavy atom. The van der Waals surface area contributed by atoms with E-state index >= 15 is 0 Å². The van der Waals surface area contributed by atoms with Crippen molar-refractivity contribution < 1.29 is 0 Å². The second-order valence-electron chi connectivity index (χ2n) is 10.8. The lowest BCUT2D eigenvalue weighted by Crippen LogP contribution is -2.43. The Hall–Kier alpha value is -2.41. The molecule has 3 heterocycles. The van der Waals surface area contributed by atoms with Crippen molar-refractivity contribution in [2.24, 2.45) is 5.92 Å². The monoisotopic (exact) mass is 492 g/mol. The first-order valence-corrected chi connectivity index (χ1v) is 14.0. The molecule has 0 spiro atoms. The number of hydrogen-bond acceptors (Lipinski definition) is 5. The first-order valence-electron chi connectivity index (χ1n) is 13.6. The van der Waals surface area contributed by atoms with E-state index in [0.29, 0.717) is 17.0 Å². The predicted octanol–water partition coefficient (Wildman–Crippen LogP) is 5.50. The lowest BCUT2D eigenvalue weighted by atomic mass is 9.69. The summed E-state index contributed by atoms with van der Waals surface area (Å²) in [5, 5.41) is 7.51. The molecule has 2 N–H and O–H groups in total. The molecule has 6 nitrogen and oxygen atoms in total. The molecule has 7 heteroatoms. The number of rotatable bonds is 6. The van der Waals surface area contributed by atoms with Gasteiger partial charge in [0.1, 0.15) is 11.6 Å². The van der Waals surface area contributed by atoms with Gasteiger partial charge in [0.15, 0.2) is 5.11 Å². The summed E-state index contributed by atoms with van der Waals surface area (Å²) in [5.74, 6) is 3.34. The van der Waals surface area contributed by atoms with Crippen LogP contribution in [-0.2, 0) is 5.41 Å². The molecule has 35 heavy (non-hydrogen) atoms. The highest BCUT2D eigenvalue weighted by Crippen LogP contribution is 2.39.